The molecule has 0 fully saturated rings. The summed E-state index contributed by atoms with van der Waals surface area (Å²) in [4.78, 5) is 4.48. The molecule has 0 amide bonds. The summed E-state index contributed by atoms with van der Waals surface area (Å²) >= 11 is 6.17. The van der Waals surface area contributed by atoms with E-state index in [1.807, 2.05) is 56.6 Å². The molecule has 26 heavy (non-hydrogen) atoms. The molecule has 2 rings (SSSR count). The van der Waals surface area contributed by atoms with E-state index in [-0.39, 0.29) is 0 Å². The van der Waals surface area contributed by atoms with E-state index >= 15 is 0 Å². The van der Waals surface area contributed by atoms with Crippen molar-refractivity contribution in [3.05, 3.63) is 65.7 Å². The third-order valence-electron chi connectivity index (χ3n) is 2.93. The first-order chi connectivity index (χ1) is 12.1. The van der Waals surface area contributed by atoms with Crippen LogP contribution in [0.4, 0.5) is 5.69 Å². The summed E-state index contributed by atoms with van der Waals surface area (Å²) in [6.07, 6.45) is 0. The number of hydrogen-bond donors (Lipinski definition) is 1. The minimum atomic E-state index is -4.94. The van der Waals surface area contributed by atoms with E-state index in [0.29, 0.717) is 5.29 Å². The molecule has 0 aliphatic carbocycles. The maximum Gasteiger partial charge on any atom is 0.393 e. The zero-order valence-electron chi connectivity index (χ0n) is 14.5. The Morgan fingerprint density at radius 1 is 0.962 bits per heavy atom. The molecule has 0 aliphatic rings. The molecular weight excluding hydrogens is 381 g/mol. The van der Waals surface area contributed by atoms with Gasteiger partial charge in [0, 0.05) is 22.9 Å². The summed E-state index contributed by atoms with van der Waals surface area (Å²) in [6.45, 7) is 2.06. The molecule has 2 aromatic rings. The molecular formula is C17H19Cl2N3O4. The fourth-order valence-electron chi connectivity index (χ4n) is 1.73. The number of anilines is 1. The molecule has 0 heterocycles. The van der Waals surface area contributed by atoms with Gasteiger partial charge in [-0.05, 0) is 36.2 Å². The topological polar surface area (TPSA) is 120 Å². The average Bonchev–Trinajstić information content (AvgIpc) is 2.55. The quantitative estimate of drug-likeness (QED) is 0.299. The number of benzene rings is 2. The minimum absolute atomic E-state index is 0.425. The van der Waals surface area contributed by atoms with Gasteiger partial charge >= 0.3 is 5.29 Å². The van der Waals surface area contributed by atoms with Crippen molar-refractivity contribution in [2.24, 2.45) is 4.99 Å². The zero-order valence-corrected chi connectivity index (χ0v) is 16.0. The van der Waals surface area contributed by atoms with Gasteiger partial charge in [-0.1, -0.05) is 35.9 Å². The van der Waals surface area contributed by atoms with Gasteiger partial charge in [-0.3, -0.25) is 4.58 Å². The molecule has 140 valence electrons. The molecule has 0 aliphatic heterocycles. The van der Waals surface area contributed by atoms with Crippen LogP contribution in [-0.4, -0.2) is 29.8 Å². The molecule has 0 saturated heterocycles. The first-order valence-corrected chi connectivity index (χ1v) is 8.97. The Kier molecular flexibility index (Phi) is 8.67. The average molecular weight is 400 g/mol. The van der Waals surface area contributed by atoms with Gasteiger partial charge in [0.15, 0.2) is 0 Å². The lowest BCUT2D eigenvalue weighted by Crippen LogP contribution is -2.68. The molecule has 2 aromatic carbocycles. The van der Waals surface area contributed by atoms with Crippen LogP contribution in [-0.2, 0) is 0 Å². The molecule has 0 aromatic heterocycles. The molecule has 0 spiro atoms. The van der Waals surface area contributed by atoms with Crippen LogP contribution in [0.15, 0.2) is 59.6 Å². The Hall–Kier alpha value is -2.00. The second-order valence-corrected chi connectivity index (χ2v) is 6.45. The smallest absolute Gasteiger partial charge is 0.319 e. The van der Waals surface area contributed by atoms with Crippen molar-refractivity contribution in [1.29, 1.82) is 0 Å². The monoisotopic (exact) mass is 399 g/mol. The number of halogens is 2. The molecule has 0 atom stereocenters. The highest BCUT2D eigenvalue weighted by Crippen LogP contribution is 2.12. The Bertz CT molecular complexity index is 748. The largest absolute Gasteiger partial charge is 0.393 e. The number of rotatable bonds is 2. The van der Waals surface area contributed by atoms with Crippen molar-refractivity contribution in [2.75, 3.05) is 19.4 Å². The van der Waals surface area contributed by atoms with Crippen molar-refractivity contribution in [2.45, 2.75) is 6.92 Å². The van der Waals surface area contributed by atoms with Gasteiger partial charge < -0.3 is 5.32 Å². The Morgan fingerprint density at radius 3 is 1.92 bits per heavy atom. The van der Waals surface area contributed by atoms with E-state index in [0.717, 1.165) is 17.1 Å². The van der Waals surface area contributed by atoms with Crippen molar-refractivity contribution >= 4 is 28.4 Å². The SMILES string of the molecule is Cc1ccc(N/C(=N\C(Cl)=[N+](C)C)c2ccccc2)cc1.[O-][Cl+3]([O-])([O-])[O-]. The van der Waals surface area contributed by atoms with Gasteiger partial charge in [0.05, 0.1) is 14.1 Å². The number of aliphatic imine (C=N–C) groups is 1. The fourth-order valence-corrected chi connectivity index (χ4v) is 1.81. The second-order valence-electron chi connectivity index (χ2n) is 5.36. The lowest BCUT2D eigenvalue weighted by atomic mass is 10.2. The zero-order chi connectivity index (χ0) is 19.7. The highest BCUT2D eigenvalue weighted by molar-refractivity contribution is 6.64. The third kappa shape index (κ3) is 9.47. The maximum atomic E-state index is 8.49. The van der Waals surface area contributed by atoms with Crippen LogP contribution in [0.25, 0.3) is 0 Å². The molecule has 0 saturated carbocycles. The van der Waals surface area contributed by atoms with Gasteiger partial charge in [0.2, 0.25) is 0 Å². The van der Waals surface area contributed by atoms with Crippen molar-refractivity contribution in [3.8, 4) is 0 Å². The van der Waals surface area contributed by atoms with E-state index in [9.17, 15) is 0 Å². The fraction of sp³-hybridized carbons (Fsp3) is 0.176. The lowest BCUT2D eigenvalue weighted by Gasteiger charge is -2.17. The van der Waals surface area contributed by atoms with Crippen LogP contribution in [0, 0.1) is 17.2 Å². The first-order valence-electron chi connectivity index (χ1n) is 7.35. The third-order valence-corrected chi connectivity index (χ3v) is 3.36. The van der Waals surface area contributed by atoms with Crippen LogP contribution >= 0.6 is 11.6 Å². The Balaban J connectivity index is 0.000000597. The molecule has 0 bridgehead atoms. The van der Waals surface area contributed by atoms with Gasteiger partial charge in [0.25, 0.3) is 5.84 Å². The second kappa shape index (κ2) is 10.2. The first kappa shape index (κ1) is 22.0. The minimum Gasteiger partial charge on any atom is -0.319 e. The van der Waals surface area contributed by atoms with E-state index in [4.69, 9.17) is 30.2 Å². The van der Waals surface area contributed by atoms with Gasteiger partial charge in [-0.15, -0.1) is 10.2 Å². The van der Waals surface area contributed by atoms with Crippen molar-refractivity contribution in [1.82, 2.24) is 0 Å². The summed E-state index contributed by atoms with van der Waals surface area (Å²) in [6, 6.07) is 18.1. The summed E-state index contributed by atoms with van der Waals surface area (Å²) in [5.74, 6) is 0.721. The van der Waals surface area contributed by atoms with E-state index in [1.54, 1.807) is 4.58 Å². The molecule has 0 radical (unpaired) electrons. The summed E-state index contributed by atoms with van der Waals surface area (Å²) < 4.78 is 35.7. The number of hydrogen-bond acceptors (Lipinski definition) is 4. The van der Waals surface area contributed by atoms with E-state index in [1.165, 1.54) is 5.56 Å². The number of amidine groups is 2. The molecule has 7 nitrogen and oxygen atoms in total. The summed E-state index contributed by atoms with van der Waals surface area (Å²) in [5.41, 5.74) is 3.18. The number of aryl methyl sites for hydroxylation is 1. The van der Waals surface area contributed by atoms with Crippen molar-refractivity contribution < 1.29 is 33.5 Å². The van der Waals surface area contributed by atoms with Crippen LogP contribution in [0.1, 0.15) is 11.1 Å². The Labute approximate surface area is 159 Å². The predicted octanol–water partition coefficient (Wildman–Crippen LogP) is -1.04. The van der Waals surface area contributed by atoms with Crippen LogP contribution in [0.5, 0.6) is 0 Å². The molecule has 1 N–H and O–H groups in total. The molecule has 9 heteroatoms. The molecule has 0 unspecified atom stereocenters. The normalized spacial score (nSPS) is 11.3. The number of nitrogens with zero attached hydrogens (tertiary/aromatic N) is 2. The van der Waals surface area contributed by atoms with Gasteiger partial charge in [0.1, 0.15) is 0 Å². The highest BCUT2D eigenvalue weighted by Gasteiger charge is 2.13. The lowest BCUT2D eigenvalue weighted by molar-refractivity contribution is -2.00. The summed E-state index contributed by atoms with van der Waals surface area (Å²) in [7, 11) is -1.22. The maximum absolute atomic E-state index is 8.49. The van der Waals surface area contributed by atoms with Crippen LogP contribution in [0.3, 0.4) is 0 Å². The van der Waals surface area contributed by atoms with Gasteiger partial charge in [-0.25, -0.2) is 18.6 Å². The van der Waals surface area contributed by atoms with Crippen LogP contribution in [0.2, 0.25) is 0 Å². The van der Waals surface area contributed by atoms with Gasteiger partial charge in [-0.2, -0.15) is 0 Å². The summed E-state index contributed by atoms with van der Waals surface area (Å²) in [5, 5.41) is 3.75. The van der Waals surface area contributed by atoms with Crippen LogP contribution < -0.4 is 24.0 Å². The Morgan fingerprint density at radius 2 is 1.46 bits per heavy atom. The number of nitrogens with one attached hydrogen (secondary N) is 1. The highest BCUT2D eigenvalue weighted by atomic mass is 35.7. The van der Waals surface area contributed by atoms with E-state index < -0.39 is 10.2 Å². The predicted molar refractivity (Wildman–Crippen MR) is 90.7 cm³/mol. The van der Waals surface area contributed by atoms with Crippen molar-refractivity contribution in [3.63, 3.8) is 0 Å². The standard InChI is InChI=1S/C17H18ClN3.ClHO4/c1-13-9-11-15(12-10-13)19-16(20-17(18)21(2)3)14-7-5-4-6-8-14;2-1(3,4)5/h4-12H,1-3H3;(H,2,3,4,5). The van der Waals surface area contributed by atoms with E-state index in [2.05, 4.69) is 29.4 Å².